The first-order valence-electron chi connectivity index (χ1n) is 6.55. The topological polar surface area (TPSA) is 17.8 Å². The van der Waals surface area contributed by atoms with Crippen molar-refractivity contribution in [3.05, 3.63) is 18.7 Å². The first-order chi connectivity index (χ1) is 8.28. The summed E-state index contributed by atoms with van der Waals surface area (Å²) in [5.74, 6) is 1.32. The fraction of sp³-hybridized carbons (Fsp3) is 0.769. The number of aromatic nitrogens is 2. The molecule has 17 heavy (non-hydrogen) atoms. The zero-order valence-electron chi connectivity index (χ0n) is 10.8. The molecule has 0 saturated carbocycles. The van der Waals surface area contributed by atoms with Crippen molar-refractivity contribution in [1.29, 1.82) is 0 Å². The van der Waals surface area contributed by atoms with Gasteiger partial charge in [0.25, 0.3) is 0 Å². The maximum Gasteiger partial charge on any atom is 0.0946 e. The Balaban J connectivity index is 2.08. The highest BCUT2D eigenvalue weighted by Gasteiger charge is 2.36. The summed E-state index contributed by atoms with van der Waals surface area (Å²) in [6.45, 7) is 5.72. The number of hydrogen-bond donors (Lipinski definition) is 0. The summed E-state index contributed by atoms with van der Waals surface area (Å²) in [5.41, 5.74) is 0. The largest absolute Gasteiger partial charge is 0.335 e. The van der Waals surface area contributed by atoms with Crippen LogP contribution in [0.3, 0.4) is 0 Å². The molecule has 0 aliphatic carbocycles. The van der Waals surface area contributed by atoms with Gasteiger partial charge in [-0.25, -0.2) is 4.98 Å². The van der Waals surface area contributed by atoms with E-state index in [-0.39, 0.29) is 0 Å². The van der Waals surface area contributed by atoms with Crippen molar-refractivity contribution in [2.45, 2.75) is 55.4 Å². The van der Waals surface area contributed by atoms with Gasteiger partial charge in [0, 0.05) is 24.2 Å². The number of rotatable bonds is 5. The first-order valence-corrected chi connectivity index (χ1v) is 8.42. The van der Waals surface area contributed by atoms with E-state index in [4.69, 9.17) is 0 Å². The maximum atomic E-state index is 4.16. The molecule has 1 aliphatic rings. The molecule has 0 aromatic carbocycles. The van der Waals surface area contributed by atoms with Gasteiger partial charge in [0.1, 0.15) is 0 Å². The molecule has 1 aliphatic heterocycles. The molecule has 96 valence electrons. The minimum atomic E-state index is 0.383. The van der Waals surface area contributed by atoms with E-state index >= 15 is 0 Å². The van der Waals surface area contributed by atoms with Crippen LogP contribution >= 0.6 is 23.5 Å². The third kappa shape index (κ3) is 3.44. The lowest BCUT2D eigenvalue weighted by Crippen LogP contribution is -2.33. The molecular formula is C13H22N2S2. The van der Waals surface area contributed by atoms with Gasteiger partial charge in [-0.2, -0.15) is 0 Å². The average Bonchev–Trinajstić information content (AvgIpc) is 2.82. The number of thioether (sulfide) groups is 2. The van der Waals surface area contributed by atoms with E-state index in [1.165, 1.54) is 31.4 Å². The lowest BCUT2D eigenvalue weighted by atomic mass is 10.2. The molecule has 0 bridgehead atoms. The van der Waals surface area contributed by atoms with Crippen molar-refractivity contribution in [2.75, 3.05) is 5.75 Å². The average molecular weight is 270 g/mol. The molecular weight excluding hydrogens is 248 g/mol. The van der Waals surface area contributed by atoms with Gasteiger partial charge in [-0.05, 0) is 25.0 Å². The van der Waals surface area contributed by atoms with Crippen molar-refractivity contribution >= 4 is 23.5 Å². The van der Waals surface area contributed by atoms with Crippen LogP contribution in [0.2, 0.25) is 0 Å². The van der Waals surface area contributed by atoms with Gasteiger partial charge in [0.15, 0.2) is 0 Å². The van der Waals surface area contributed by atoms with Crippen LogP contribution in [0.25, 0.3) is 0 Å². The van der Waals surface area contributed by atoms with Crippen LogP contribution in [-0.2, 0) is 6.54 Å². The quantitative estimate of drug-likeness (QED) is 0.804. The van der Waals surface area contributed by atoms with E-state index in [0.717, 1.165) is 11.8 Å². The van der Waals surface area contributed by atoms with E-state index in [2.05, 4.69) is 53.1 Å². The van der Waals surface area contributed by atoms with Crippen LogP contribution in [0.15, 0.2) is 18.7 Å². The molecule has 1 fully saturated rings. The van der Waals surface area contributed by atoms with Gasteiger partial charge in [-0.3, -0.25) is 0 Å². The zero-order chi connectivity index (χ0) is 12.1. The Morgan fingerprint density at radius 3 is 3.00 bits per heavy atom. The van der Waals surface area contributed by atoms with E-state index in [1.807, 2.05) is 12.5 Å². The lowest BCUT2D eigenvalue weighted by molar-refractivity contribution is 0.572. The first kappa shape index (κ1) is 13.3. The molecule has 0 spiro atoms. The maximum absolute atomic E-state index is 4.16. The van der Waals surface area contributed by atoms with Crippen LogP contribution < -0.4 is 0 Å². The summed E-state index contributed by atoms with van der Waals surface area (Å²) in [6, 6.07) is 0. The fourth-order valence-electron chi connectivity index (χ4n) is 2.39. The Morgan fingerprint density at radius 2 is 2.35 bits per heavy atom. The lowest BCUT2D eigenvalue weighted by Gasteiger charge is -2.40. The predicted molar refractivity (Wildman–Crippen MR) is 78.6 cm³/mol. The van der Waals surface area contributed by atoms with Crippen LogP contribution in [0.4, 0.5) is 0 Å². The normalized spacial score (nSPS) is 29.4. The standard InChI is InChI=1S/C13H22N2S2/c1-3-6-13(10-15-8-7-14-11-15)16-9-5-12(4-2)17-13/h7-8,11-12H,3-6,9-10H2,1-2H3. The fourth-order valence-corrected chi connectivity index (χ4v) is 6.39. The molecule has 4 heteroatoms. The molecule has 1 aromatic rings. The SMILES string of the molecule is CCCC1(Cn2ccnc2)SCCC(CC)S1. The Bertz CT molecular complexity index is 322. The monoisotopic (exact) mass is 270 g/mol. The summed E-state index contributed by atoms with van der Waals surface area (Å²) in [4.78, 5) is 4.16. The van der Waals surface area contributed by atoms with Crippen molar-refractivity contribution in [3.63, 3.8) is 0 Å². The molecule has 2 atom stereocenters. The van der Waals surface area contributed by atoms with E-state index < -0.39 is 0 Å². The number of imidazole rings is 1. The third-order valence-corrected chi connectivity index (χ3v) is 6.86. The molecule has 1 aromatic heterocycles. The van der Waals surface area contributed by atoms with E-state index in [0.29, 0.717) is 4.08 Å². The van der Waals surface area contributed by atoms with Crippen LogP contribution in [0.5, 0.6) is 0 Å². The predicted octanol–water partition coefficient (Wildman–Crippen LogP) is 4.03. The summed E-state index contributed by atoms with van der Waals surface area (Å²) >= 11 is 4.38. The van der Waals surface area contributed by atoms with Crippen LogP contribution in [0, 0.1) is 0 Å². The van der Waals surface area contributed by atoms with Gasteiger partial charge in [-0.15, -0.1) is 23.5 Å². The van der Waals surface area contributed by atoms with Gasteiger partial charge < -0.3 is 4.57 Å². The van der Waals surface area contributed by atoms with Gasteiger partial charge in [0.2, 0.25) is 0 Å². The van der Waals surface area contributed by atoms with Gasteiger partial charge >= 0.3 is 0 Å². The minimum absolute atomic E-state index is 0.383. The van der Waals surface area contributed by atoms with E-state index in [9.17, 15) is 0 Å². The third-order valence-electron chi connectivity index (χ3n) is 3.26. The molecule has 0 amide bonds. The highest BCUT2D eigenvalue weighted by Crippen LogP contribution is 2.50. The smallest absolute Gasteiger partial charge is 0.0946 e. The highest BCUT2D eigenvalue weighted by molar-refractivity contribution is 8.19. The summed E-state index contributed by atoms with van der Waals surface area (Å²) in [6.07, 6.45) is 11.2. The Labute approximate surface area is 113 Å². The van der Waals surface area contributed by atoms with Crippen molar-refractivity contribution in [1.82, 2.24) is 9.55 Å². The van der Waals surface area contributed by atoms with Crippen molar-refractivity contribution in [3.8, 4) is 0 Å². The molecule has 2 heterocycles. The Hall–Kier alpha value is -0.0900. The van der Waals surface area contributed by atoms with Crippen LogP contribution in [-0.4, -0.2) is 24.6 Å². The van der Waals surface area contributed by atoms with Crippen LogP contribution in [0.1, 0.15) is 39.5 Å². The second-order valence-corrected chi connectivity index (χ2v) is 8.10. The summed E-state index contributed by atoms with van der Waals surface area (Å²) in [5, 5.41) is 0.853. The second-order valence-electron chi connectivity index (χ2n) is 4.68. The number of hydrogen-bond acceptors (Lipinski definition) is 3. The van der Waals surface area contributed by atoms with Gasteiger partial charge in [0.05, 0.1) is 10.4 Å². The summed E-state index contributed by atoms with van der Waals surface area (Å²) in [7, 11) is 0. The molecule has 2 nitrogen and oxygen atoms in total. The summed E-state index contributed by atoms with van der Waals surface area (Å²) < 4.78 is 2.63. The molecule has 2 rings (SSSR count). The number of nitrogens with zero attached hydrogens (tertiary/aromatic N) is 2. The van der Waals surface area contributed by atoms with Crippen molar-refractivity contribution < 1.29 is 0 Å². The Kier molecular flexibility index (Phi) is 4.86. The second kappa shape index (κ2) is 6.19. The highest BCUT2D eigenvalue weighted by atomic mass is 32.2. The zero-order valence-corrected chi connectivity index (χ0v) is 12.4. The molecule has 1 saturated heterocycles. The van der Waals surface area contributed by atoms with E-state index in [1.54, 1.807) is 0 Å². The molecule has 0 N–H and O–H groups in total. The molecule has 0 radical (unpaired) electrons. The van der Waals surface area contributed by atoms with Gasteiger partial charge in [-0.1, -0.05) is 20.3 Å². The van der Waals surface area contributed by atoms with Crippen molar-refractivity contribution in [2.24, 2.45) is 0 Å². The molecule has 2 unspecified atom stereocenters. The minimum Gasteiger partial charge on any atom is -0.335 e. The Morgan fingerprint density at radius 1 is 1.47 bits per heavy atom.